The van der Waals surface area contributed by atoms with Crippen LogP contribution in [0.2, 0.25) is 0 Å². The first-order chi connectivity index (χ1) is 9.13. The summed E-state index contributed by atoms with van der Waals surface area (Å²) in [6.07, 6.45) is 8.60. The molecule has 1 saturated carbocycles. The predicted octanol–water partition coefficient (Wildman–Crippen LogP) is 5.62. The molecular weight excluding hydrogens is 230 g/mol. The summed E-state index contributed by atoms with van der Waals surface area (Å²) < 4.78 is 0. The minimum Gasteiger partial charge on any atom is -0.261 e. The quantitative estimate of drug-likeness (QED) is 0.622. The van der Waals surface area contributed by atoms with Crippen LogP contribution in [0.4, 0.5) is 5.69 Å². The maximum absolute atomic E-state index is 4.43. The van der Waals surface area contributed by atoms with Gasteiger partial charge < -0.3 is 0 Å². The largest absolute Gasteiger partial charge is 0.261 e. The SMILES string of the molecule is C=C(c1cc(C)c(N=CC)cc1C)C1CCCCC1. The fourth-order valence-electron chi connectivity index (χ4n) is 3.10. The Morgan fingerprint density at radius 1 is 1.16 bits per heavy atom. The highest BCUT2D eigenvalue weighted by Crippen LogP contribution is 2.37. The second-order valence-electron chi connectivity index (χ2n) is 5.70. The molecule has 1 fully saturated rings. The summed E-state index contributed by atoms with van der Waals surface area (Å²) in [7, 11) is 0. The first-order valence-corrected chi connectivity index (χ1v) is 7.42. The van der Waals surface area contributed by atoms with Crippen molar-refractivity contribution in [2.45, 2.75) is 52.9 Å². The van der Waals surface area contributed by atoms with E-state index < -0.39 is 0 Å². The molecule has 1 aliphatic carbocycles. The van der Waals surface area contributed by atoms with E-state index >= 15 is 0 Å². The zero-order valence-corrected chi connectivity index (χ0v) is 12.5. The number of aryl methyl sites for hydroxylation is 2. The van der Waals surface area contributed by atoms with Crippen molar-refractivity contribution in [3.8, 4) is 0 Å². The fourth-order valence-corrected chi connectivity index (χ4v) is 3.10. The standard InChI is InChI=1S/C18H25N/c1-5-19-18-12-13(2)17(11-14(18)3)15(4)16-9-7-6-8-10-16/h5,11-12,16H,4,6-10H2,1-3H3. The Hall–Kier alpha value is -1.37. The molecule has 0 aliphatic heterocycles. The molecule has 1 heteroatoms. The molecule has 1 nitrogen and oxygen atoms in total. The van der Waals surface area contributed by atoms with Crippen LogP contribution < -0.4 is 0 Å². The van der Waals surface area contributed by atoms with E-state index in [1.807, 2.05) is 13.1 Å². The van der Waals surface area contributed by atoms with Crippen LogP contribution in [-0.4, -0.2) is 6.21 Å². The Morgan fingerprint density at radius 2 is 1.84 bits per heavy atom. The van der Waals surface area contributed by atoms with Gasteiger partial charge in [0.05, 0.1) is 5.69 Å². The maximum atomic E-state index is 4.43. The van der Waals surface area contributed by atoms with Gasteiger partial charge in [-0.1, -0.05) is 25.8 Å². The van der Waals surface area contributed by atoms with Gasteiger partial charge in [0.2, 0.25) is 0 Å². The Bertz CT molecular complexity index is 491. The molecule has 1 aliphatic rings. The summed E-state index contributed by atoms with van der Waals surface area (Å²) in [6.45, 7) is 10.7. The Morgan fingerprint density at radius 3 is 2.47 bits per heavy atom. The van der Waals surface area contributed by atoms with Crippen LogP contribution in [0.1, 0.15) is 55.7 Å². The summed E-state index contributed by atoms with van der Waals surface area (Å²) in [5, 5.41) is 0. The van der Waals surface area contributed by atoms with Crippen LogP contribution in [0.5, 0.6) is 0 Å². The number of allylic oxidation sites excluding steroid dienone is 1. The van der Waals surface area contributed by atoms with Gasteiger partial charge in [-0.3, -0.25) is 4.99 Å². The normalized spacial score (nSPS) is 17.0. The van der Waals surface area contributed by atoms with E-state index in [1.54, 1.807) is 0 Å². The van der Waals surface area contributed by atoms with Crippen molar-refractivity contribution in [3.63, 3.8) is 0 Å². The van der Waals surface area contributed by atoms with Crippen molar-refractivity contribution in [3.05, 3.63) is 35.4 Å². The van der Waals surface area contributed by atoms with Crippen molar-refractivity contribution in [2.24, 2.45) is 10.9 Å². The van der Waals surface area contributed by atoms with Gasteiger partial charge in [0.15, 0.2) is 0 Å². The molecule has 0 heterocycles. The molecule has 0 atom stereocenters. The first-order valence-electron chi connectivity index (χ1n) is 7.42. The Kier molecular flexibility index (Phi) is 4.57. The molecule has 0 spiro atoms. The van der Waals surface area contributed by atoms with E-state index in [1.165, 1.54) is 54.4 Å². The van der Waals surface area contributed by atoms with Gasteiger partial charge in [-0.2, -0.15) is 0 Å². The van der Waals surface area contributed by atoms with Gasteiger partial charge in [0.1, 0.15) is 0 Å². The number of aliphatic imine (C=N–C) groups is 1. The van der Waals surface area contributed by atoms with E-state index in [0.29, 0.717) is 5.92 Å². The van der Waals surface area contributed by atoms with Crippen LogP contribution in [0, 0.1) is 19.8 Å². The van der Waals surface area contributed by atoms with E-state index in [2.05, 4.69) is 37.6 Å². The molecule has 2 rings (SSSR count). The third-order valence-corrected chi connectivity index (χ3v) is 4.26. The van der Waals surface area contributed by atoms with Crippen LogP contribution in [0.3, 0.4) is 0 Å². The molecule has 1 aromatic carbocycles. The van der Waals surface area contributed by atoms with E-state index in [0.717, 1.165) is 5.69 Å². The topological polar surface area (TPSA) is 12.4 Å². The third kappa shape index (κ3) is 3.15. The van der Waals surface area contributed by atoms with Crippen molar-refractivity contribution in [2.75, 3.05) is 0 Å². The molecule has 0 bridgehead atoms. The van der Waals surface area contributed by atoms with E-state index in [9.17, 15) is 0 Å². The number of benzene rings is 1. The second-order valence-corrected chi connectivity index (χ2v) is 5.70. The minimum atomic E-state index is 0.687. The number of nitrogens with zero attached hydrogens (tertiary/aromatic N) is 1. The van der Waals surface area contributed by atoms with Crippen molar-refractivity contribution in [1.29, 1.82) is 0 Å². The predicted molar refractivity (Wildman–Crippen MR) is 85.4 cm³/mol. The summed E-state index contributed by atoms with van der Waals surface area (Å²) in [6, 6.07) is 4.47. The molecular formula is C18H25N. The highest BCUT2D eigenvalue weighted by atomic mass is 14.7. The highest BCUT2D eigenvalue weighted by Gasteiger charge is 2.19. The lowest BCUT2D eigenvalue weighted by atomic mass is 9.80. The van der Waals surface area contributed by atoms with Crippen LogP contribution in [0.25, 0.3) is 5.57 Å². The van der Waals surface area contributed by atoms with Crippen LogP contribution in [-0.2, 0) is 0 Å². The molecule has 0 N–H and O–H groups in total. The fraction of sp³-hybridized carbons (Fsp3) is 0.500. The van der Waals surface area contributed by atoms with Crippen molar-refractivity contribution < 1.29 is 0 Å². The summed E-state index contributed by atoms with van der Waals surface area (Å²) in [5.74, 6) is 0.687. The average Bonchev–Trinajstić information content (AvgIpc) is 2.43. The smallest absolute Gasteiger partial charge is 0.0657 e. The lowest BCUT2D eigenvalue weighted by molar-refractivity contribution is 0.430. The molecule has 102 valence electrons. The average molecular weight is 255 g/mol. The van der Waals surface area contributed by atoms with E-state index in [4.69, 9.17) is 0 Å². The molecule has 19 heavy (non-hydrogen) atoms. The molecule has 1 aromatic rings. The zero-order chi connectivity index (χ0) is 13.8. The van der Waals surface area contributed by atoms with Gasteiger partial charge in [0.25, 0.3) is 0 Å². The molecule has 0 amide bonds. The lowest BCUT2D eigenvalue weighted by Gasteiger charge is -2.25. The molecule has 0 radical (unpaired) electrons. The lowest BCUT2D eigenvalue weighted by Crippen LogP contribution is -2.08. The molecule has 0 aromatic heterocycles. The molecule has 0 saturated heterocycles. The first kappa shape index (κ1) is 14.0. The van der Waals surface area contributed by atoms with Gasteiger partial charge in [-0.05, 0) is 73.9 Å². The van der Waals surface area contributed by atoms with Gasteiger partial charge in [-0.15, -0.1) is 0 Å². The van der Waals surface area contributed by atoms with Gasteiger partial charge in [-0.25, -0.2) is 0 Å². The number of rotatable bonds is 3. The minimum absolute atomic E-state index is 0.687. The second kappa shape index (κ2) is 6.18. The summed E-state index contributed by atoms with van der Waals surface area (Å²) in [4.78, 5) is 4.43. The number of hydrogen-bond donors (Lipinski definition) is 0. The van der Waals surface area contributed by atoms with Crippen molar-refractivity contribution in [1.82, 2.24) is 0 Å². The Labute approximate surface area is 117 Å². The summed E-state index contributed by atoms with van der Waals surface area (Å²) in [5.41, 5.74) is 6.32. The Balaban J connectivity index is 2.29. The summed E-state index contributed by atoms with van der Waals surface area (Å²) >= 11 is 0. The van der Waals surface area contributed by atoms with Gasteiger partial charge >= 0.3 is 0 Å². The van der Waals surface area contributed by atoms with Crippen LogP contribution >= 0.6 is 0 Å². The van der Waals surface area contributed by atoms with Gasteiger partial charge in [0, 0.05) is 6.21 Å². The highest BCUT2D eigenvalue weighted by molar-refractivity contribution is 5.72. The monoisotopic (exact) mass is 255 g/mol. The zero-order valence-electron chi connectivity index (χ0n) is 12.5. The third-order valence-electron chi connectivity index (χ3n) is 4.26. The maximum Gasteiger partial charge on any atom is 0.0657 e. The van der Waals surface area contributed by atoms with E-state index in [-0.39, 0.29) is 0 Å². The molecule has 0 unspecified atom stereocenters. The van der Waals surface area contributed by atoms with Crippen molar-refractivity contribution >= 4 is 17.5 Å². The number of hydrogen-bond acceptors (Lipinski definition) is 1. The van der Waals surface area contributed by atoms with Crippen LogP contribution in [0.15, 0.2) is 23.7 Å².